The molecular weight excluding hydrogens is 260 g/mol. The Bertz CT molecular complexity index is 454. The van der Waals surface area contributed by atoms with Crippen LogP contribution in [0.3, 0.4) is 0 Å². The van der Waals surface area contributed by atoms with Crippen molar-refractivity contribution in [1.29, 1.82) is 0 Å². The molecule has 2 rings (SSSR count). The summed E-state index contributed by atoms with van der Waals surface area (Å²) >= 11 is 6.32. The number of halogens is 1. The van der Waals surface area contributed by atoms with Gasteiger partial charge in [-0.25, -0.2) is 0 Å². The Morgan fingerprint density at radius 3 is 2.68 bits per heavy atom. The van der Waals surface area contributed by atoms with Crippen LogP contribution < -0.4 is 4.74 Å². The molecule has 0 aliphatic carbocycles. The van der Waals surface area contributed by atoms with E-state index in [4.69, 9.17) is 21.1 Å². The van der Waals surface area contributed by atoms with Gasteiger partial charge in [-0.2, -0.15) is 0 Å². The Labute approximate surface area is 121 Å². The largest absolute Gasteiger partial charge is 0.492 e. The van der Waals surface area contributed by atoms with Gasteiger partial charge in [0.25, 0.3) is 0 Å². The van der Waals surface area contributed by atoms with Crippen LogP contribution in [0.2, 0.25) is 5.02 Å². The normalized spacial score (nSPS) is 21.0. The molecule has 0 bridgehead atoms. The van der Waals surface area contributed by atoms with Crippen LogP contribution >= 0.6 is 11.6 Å². The van der Waals surface area contributed by atoms with E-state index in [9.17, 15) is 0 Å². The molecule has 1 fully saturated rings. The molecule has 1 aliphatic rings. The third kappa shape index (κ3) is 3.06. The molecule has 0 saturated carbocycles. The predicted molar refractivity (Wildman–Crippen MR) is 79.1 cm³/mol. The maximum absolute atomic E-state index is 6.32. The van der Waals surface area contributed by atoms with E-state index >= 15 is 0 Å². The standard InChI is InChI=1S/C16H23ClO2/c1-5-6-7-18-14-8-11(2)12(9-13(14)17)15-16(3,4)10-19-15/h8-9,15H,5-7,10H2,1-4H3. The fourth-order valence-corrected chi connectivity index (χ4v) is 2.63. The average Bonchev–Trinajstić information content (AvgIpc) is 2.34. The summed E-state index contributed by atoms with van der Waals surface area (Å²) < 4.78 is 11.4. The van der Waals surface area contributed by atoms with E-state index in [-0.39, 0.29) is 11.5 Å². The minimum absolute atomic E-state index is 0.148. The van der Waals surface area contributed by atoms with Gasteiger partial charge in [-0.1, -0.05) is 38.8 Å². The van der Waals surface area contributed by atoms with Gasteiger partial charge in [0.2, 0.25) is 0 Å². The fraction of sp³-hybridized carbons (Fsp3) is 0.625. The van der Waals surface area contributed by atoms with Gasteiger partial charge in [-0.15, -0.1) is 0 Å². The monoisotopic (exact) mass is 282 g/mol. The molecule has 0 spiro atoms. The van der Waals surface area contributed by atoms with Crippen LogP contribution in [0.5, 0.6) is 5.75 Å². The number of rotatable bonds is 5. The lowest BCUT2D eigenvalue weighted by atomic mass is 9.77. The Morgan fingerprint density at radius 1 is 1.42 bits per heavy atom. The number of hydrogen-bond acceptors (Lipinski definition) is 2. The first-order valence-electron chi connectivity index (χ1n) is 7.00. The SMILES string of the molecule is CCCCOc1cc(C)c(C2OCC2(C)C)cc1Cl. The number of ether oxygens (including phenoxy) is 2. The first-order chi connectivity index (χ1) is 8.95. The number of unbranched alkanes of at least 4 members (excludes halogenated alkanes) is 1. The minimum Gasteiger partial charge on any atom is -0.492 e. The number of benzene rings is 1. The molecule has 0 amide bonds. The van der Waals surface area contributed by atoms with Crippen LogP contribution in [0.1, 0.15) is 50.8 Å². The van der Waals surface area contributed by atoms with Crippen molar-refractivity contribution < 1.29 is 9.47 Å². The van der Waals surface area contributed by atoms with Gasteiger partial charge in [0.15, 0.2) is 0 Å². The summed E-state index contributed by atoms with van der Waals surface area (Å²) in [6.07, 6.45) is 2.32. The highest BCUT2D eigenvalue weighted by atomic mass is 35.5. The van der Waals surface area contributed by atoms with Gasteiger partial charge in [0, 0.05) is 5.41 Å². The molecule has 1 aromatic carbocycles. The van der Waals surface area contributed by atoms with Crippen molar-refractivity contribution in [3.8, 4) is 5.75 Å². The Balaban J connectivity index is 2.17. The van der Waals surface area contributed by atoms with Crippen LogP contribution in [0.15, 0.2) is 12.1 Å². The van der Waals surface area contributed by atoms with Gasteiger partial charge in [-0.05, 0) is 36.6 Å². The molecule has 106 valence electrons. The summed E-state index contributed by atoms with van der Waals surface area (Å²) in [6, 6.07) is 4.04. The highest BCUT2D eigenvalue weighted by molar-refractivity contribution is 6.32. The van der Waals surface area contributed by atoms with Crippen molar-refractivity contribution >= 4 is 11.6 Å². The second-order valence-electron chi connectivity index (χ2n) is 6.02. The molecule has 0 N–H and O–H groups in total. The predicted octanol–water partition coefficient (Wildman–Crippen LogP) is 4.92. The van der Waals surface area contributed by atoms with E-state index in [1.54, 1.807) is 0 Å². The van der Waals surface area contributed by atoms with E-state index in [2.05, 4.69) is 27.7 Å². The minimum atomic E-state index is 0.148. The van der Waals surface area contributed by atoms with Crippen LogP contribution in [-0.4, -0.2) is 13.2 Å². The summed E-state index contributed by atoms with van der Waals surface area (Å²) in [4.78, 5) is 0. The molecule has 1 unspecified atom stereocenters. The molecule has 2 nitrogen and oxygen atoms in total. The van der Waals surface area contributed by atoms with Crippen LogP contribution in [-0.2, 0) is 4.74 Å². The highest BCUT2D eigenvalue weighted by Crippen LogP contribution is 2.47. The Morgan fingerprint density at radius 2 is 2.16 bits per heavy atom. The maximum Gasteiger partial charge on any atom is 0.138 e. The molecule has 0 radical (unpaired) electrons. The molecule has 1 saturated heterocycles. The molecule has 19 heavy (non-hydrogen) atoms. The van der Waals surface area contributed by atoms with Crippen LogP contribution in [0.4, 0.5) is 0 Å². The van der Waals surface area contributed by atoms with Crippen molar-refractivity contribution in [3.05, 3.63) is 28.3 Å². The van der Waals surface area contributed by atoms with Gasteiger partial charge in [0.1, 0.15) is 5.75 Å². The summed E-state index contributed by atoms with van der Waals surface area (Å²) in [7, 11) is 0. The van der Waals surface area contributed by atoms with E-state index in [0.717, 1.165) is 31.8 Å². The summed E-state index contributed by atoms with van der Waals surface area (Å²) in [5, 5.41) is 0.683. The van der Waals surface area contributed by atoms with E-state index < -0.39 is 0 Å². The third-order valence-electron chi connectivity index (χ3n) is 3.69. The van der Waals surface area contributed by atoms with Gasteiger partial charge >= 0.3 is 0 Å². The topological polar surface area (TPSA) is 18.5 Å². The third-order valence-corrected chi connectivity index (χ3v) is 3.99. The Kier molecular flexibility index (Phi) is 4.42. The summed E-state index contributed by atoms with van der Waals surface area (Å²) in [5.41, 5.74) is 2.57. The molecule has 1 aliphatic heterocycles. The molecule has 3 heteroatoms. The van der Waals surface area contributed by atoms with Gasteiger partial charge < -0.3 is 9.47 Å². The second-order valence-corrected chi connectivity index (χ2v) is 6.43. The summed E-state index contributed by atoms with van der Waals surface area (Å²) in [5.74, 6) is 0.786. The molecule has 1 atom stereocenters. The molecule has 1 heterocycles. The van der Waals surface area contributed by atoms with Gasteiger partial charge in [-0.3, -0.25) is 0 Å². The zero-order valence-corrected chi connectivity index (χ0v) is 13.0. The average molecular weight is 283 g/mol. The number of aryl methyl sites for hydroxylation is 1. The van der Waals surface area contributed by atoms with Crippen molar-refractivity contribution in [1.82, 2.24) is 0 Å². The lowest BCUT2D eigenvalue weighted by molar-refractivity contribution is -0.172. The first-order valence-corrected chi connectivity index (χ1v) is 7.38. The van der Waals surface area contributed by atoms with Crippen molar-refractivity contribution in [2.75, 3.05) is 13.2 Å². The zero-order valence-electron chi connectivity index (χ0n) is 12.3. The summed E-state index contributed by atoms with van der Waals surface area (Å²) in [6.45, 7) is 10.2. The van der Waals surface area contributed by atoms with E-state index in [1.807, 2.05) is 12.1 Å². The van der Waals surface area contributed by atoms with Crippen molar-refractivity contribution in [2.45, 2.75) is 46.6 Å². The number of hydrogen-bond donors (Lipinski definition) is 0. The van der Waals surface area contributed by atoms with Crippen molar-refractivity contribution in [2.24, 2.45) is 5.41 Å². The van der Waals surface area contributed by atoms with E-state index in [1.165, 1.54) is 11.1 Å². The zero-order chi connectivity index (χ0) is 14.0. The fourth-order valence-electron chi connectivity index (χ4n) is 2.40. The smallest absolute Gasteiger partial charge is 0.138 e. The van der Waals surface area contributed by atoms with Crippen molar-refractivity contribution in [3.63, 3.8) is 0 Å². The second kappa shape index (κ2) is 5.72. The lowest BCUT2D eigenvalue weighted by Crippen LogP contribution is -2.40. The molecular formula is C16H23ClO2. The highest BCUT2D eigenvalue weighted by Gasteiger charge is 2.41. The van der Waals surface area contributed by atoms with Crippen LogP contribution in [0.25, 0.3) is 0 Å². The first kappa shape index (κ1) is 14.7. The van der Waals surface area contributed by atoms with Crippen LogP contribution in [0, 0.1) is 12.3 Å². The van der Waals surface area contributed by atoms with E-state index in [0.29, 0.717) is 5.02 Å². The molecule has 0 aromatic heterocycles. The molecule has 1 aromatic rings. The Hall–Kier alpha value is -0.730. The quantitative estimate of drug-likeness (QED) is 0.713. The maximum atomic E-state index is 6.32. The lowest BCUT2D eigenvalue weighted by Gasteiger charge is -2.45. The van der Waals surface area contributed by atoms with Gasteiger partial charge in [0.05, 0.1) is 24.3 Å².